The minimum absolute atomic E-state index is 0. The predicted octanol–water partition coefficient (Wildman–Crippen LogP) is -2.11. The van der Waals surface area contributed by atoms with Crippen LogP contribution in [-0.2, 0) is 6.54 Å². The van der Waals surface area contributed by atoms with Crippen molar-refractivity contribution in [3.8, 4) is 0 Å². The highest BCUT2D eigenvalue weighted by Crippen LogP contribution is 2.28. The topological polar surface area (TPSA) is 32.3 Å². The standard InChI is InChI=1S/C16H27N3O.ClH/c1-17-16-4-2-15(3-5-16)14-19-9-6-18(7-10-19,8-11-19)12-13-20;/h2-5,17,20H,6-14H2,1H3;1H/q+2;/p-1. The van der Waals surface area contributed by atoms with E-state index in [2.05, 4.69) is 29.6 Å². The molecule has 1 aromatic rings. The number of piperazine rings is 3. The van der Waals surface area contributed by atoms with Crippen molar-refractivity contribution in [2.45, 2.75) is 6.54 Å². The van der Waals surface area contributed by atoms with Gasteiger partial charge in [-0.2, -0.15) is 0 Å². The molecule has 118 valence electrons. The molecule has 0 saturated carbocycles. The van der Waals surface area contributed by atoms with Gasteiger partial charge in [0.1, 0.15) is 52.4 Å². The number of nitrogens with one attached hydrogen (secondary N) is 1. The Kier molecular flexibility index (Phi) is 5.15. The van der Waals surface area contributed by atoms with Gasteiger partial charge in [0.05, 0.1) is 6.61 Å². The first-order chi connectivity index (χ1) is 9.69. The molecule has 2 bridgehead atoms. The summed E-state index contributed by atoms with van der Waals surface area (Å²) in [4.78, 5) is 0. The van der Waals surface area contributed by atoms with E-state index in [1.807, 2.05) is 7.05 Å². The van der Waals surface area contributed by atoms with Crippen LogP contribution in [0.2, 0.25) is 0 Å². The van der Waals surface area contributed by atoms with E-state index in [-0.39, 0.29) is 12.4 Å². The zero-order valence-electron chi connectivity index (χ0n) is 12.9. The zero-order chi connectivity index (χ0) is 14.1. The van der Waals surface area contributed by atoms with Gasteiger partial charge in [0.15, 0.2) is 0 Å². The summed E-state index contributed by atoms with van der Waals surface area (Å²) in [6.07, 6.45) is 0. The molecule has 0 amide bonds. The molecule has 0 radical (unpaired) electrons. The molecule has 0 aromatic heterocycles. The molecule has 0 aliphatic carbocycles. The van der Waals surface area contributed by atoms with Crippen LogP contribution in [0.15, 0.2) is 24.3 Å². The lowest BCUT2D eigenvalue weighted by Crippen LogP contribution is -3.00. The van der Waals surface area contributed by atoms with Gasteiger partial charge in [0, 0.05) is 18.3 Å². The third-order valence-electron chi connectivity index (χ3n) is 5.48. The van der Waals surface area contributed by atoms with E-state index in [0.717, 1.165) is 11.0 Å². The zero-order valence-corrected chi connectivity index (χ0v) is 13.6. The molecular weight excluding hydrogens is 286 g/mol. The molecule has 5 heteroatoms. The van der Waals surface area contributed by atoms with Crippen molar-refractivity contribution in [3.63, 3.8) is 0 Å². The Morgan fingerprint density at radius 3 is 1.95 bits per heavy atom. The third kappa shape index (κ3) is 3.34. The predicted molar refractivity (Wildman–Crippen MR) is 81.4 cm³/mol. The van der Waals surface area contributed by atoms with Crippen LogP contribution in [0, 0.1) is 0 Å². The molecule has 3 aliphatic rings. The summed E-state index contributed by atoms with van der Waals surface area (Å²) in [7, 11) is 1.96. The minimum Gasteiger partial charge on any atom is -1.00 e. The quantitative estimate of drug-likeness (QED) is 0.610. The number of benzene rings is 1. The van der Waals surface area contributed by atoms with Crippen LogP contribution in [0.1, 0.15) is 5.56 Å². The highest BCUT2D eigenvalue weighted by molar-refractivity contribution is 5.43. The van der Waals surface area contributed by atoms with E-state index >= 15 is 0 Å². The molecule has 4 rings (SSSR count). The van der Waals surface area contributed by atoms with Gasteiger partial charge in [-0.3, -0.25) is 0 Å². The van der Waals surface area contributed by atoms with Crippen molar-refractivity contribution >= 4 is 5.69 Å². The normalized spacial score (nSPS) is 30.8. The van der Waals surface area contributed by atoms with Gasteiger partial charge in [-0.15, -0.1) is 0 Å². The van der Waals surface area contributed by atoms with Crippen LogP contribution in [-0.4, -0.2) is 73.5 Å². The first-order valence-electron chi connectivity index (χ1n) is 7.77. The van der Waals surface area contributed by atoms with Crippen LogP contribution >= 0.6 is 0 Å². The molecular formula is C16H27ClN3O+. The fraction of sp³-hybridized carbons (Fsp3) is 0.625. The second-order valence-electron chi connectivity index (χ2n) is 6.58. The maximum absolute atomic E-state index is 9.25. The van der Waals surface area contributed by atoms with E-state index in [4.69, 9.17) is 0 Å². The van der Waals surface area contributed by atoms with Crippen LogP contribution in [0.25, 0.3) is 0 Å². The lowest BCUT2D eigenvalue weighted by Gasteiger charge is -2.55. The highest BCUT2D eigenvalue weighted by atomic mass is 35.5. The molecule has 21 heavy (non-hydrogen) atoms. The van der Waals surface area contributed by atoms with E-state index < -0.39 is 0 Å². The van der Waals surface area contributed by atoms with Crippen molar-refractivity contribution in [1.29, 1.82) is 0 Å². The Hall–Kier alpha value is -0.810. The largest absolute Gasteiger partial charge is 1.00 e. The summed E-state index contributed by atoms with van der Waals surface area (Å²) in [5.74, 6) is 0. The van der Waals surface area contributed by atoms with Crippen molar-refractivity contribution in [1.82, 2.24) is 0 Å². The van der Waals surface area contributed by atoms with Gasteiger partial charge in [0.2, 0.25) is 0 Å². The second-order valence-corrected chi connectivity index (χ2v) is 6.58. The van der Waals surface area contributed by atoms with E-state index in [1.165, 1.54) is 61.5 Å². The molecule has 0 unspecified atom stereocenters. The summed E-state index contributed by atoms with van der Waals surface area (Å²) in [6.45, 7) is 10.0. The van der Waals surface area contributed by atoms with E-state index in [9.17, 15) is 5.11 Å². The Balaban J connectivity index is 0.00000161. The van der Waals surface area contributed by atoms with Gasteiger partial charge >= 0.3 is 0 Å². The number of quaternary nitrogens is 2. The molecule has 0 atom stereocenters. The maximum atomic E-state index is 9.25. The number of halogens is 1. The van der Waals surface area contributed by atoms with Crippen LogP contribution < -0.4 is 17.7 Å². The molecule has 3 heterocycles. The fourth-order valence-electron chi connectivity index (χ4n) is 3.89. The van der Waals surface area contributed by atoms with Gasteiger partial charge in [-0.1, -0.05) is 12.1 Å². The van der Waals surface area contributed by atoms with Crippen molar-refractivity contribution in [2.75, 3.05) is 64.8 Å². The molecule has 3 saturated heterocycles. The Morgan fingerprint density at radius 2 is 1.48 bits per heavy atom. The fourth-order valence-corrected chi connectivity index (χ4v) is 3.89. The summed E-state index contributed by atoms with van der Waals surface area (Å²) in [5.41, 5.74) is 2.64. The number of aliphatic hydroxyl groups is 1. The maximum Gasteiger partial charge on any atom is 0.129 e. The monoisotopic (exact) mass is 312 g/mol. The van der Waals surface area contributed by atoms with Gasteiger partial charge < -0.3 is 31.8 Å². The van der Waals surface area contributed by atoms with Crippen molar-refractivity contribution < 1.29 is 26.5 Å². The average Bonchev–Trinajstić information content (AvgIpc) is 2.50. The SMILES string of the molecule is CNc1ccc(C[N+]23CC[N+](CCO)(CC2)CC3)cc1.[Cl-]. The number of anilines is 1. The minimum atomic E-state index is 0. The average molecular weight is 313 g/mol. The number of nitrogens with zero attached hydrogens (tertiary/aromatic N) is 2. The van der Waals surface area contributed by atoms with E-state index in [0.29, 0.717) is 6.61 Å². The van der Waals surface area contributed by atoms with E-state index in [1.54, 1.807) is 0 Å². The third-order valence-corrected chi connectivity index (χ3v) is 5.48. The smallest absolute Gasteiger partial charge is 0.129 e. The first kappa shape index (κ1) is 16.6. The molecule has 1 aromatic carbocycles. The molecule has 0 spiro atoms. The lowest BCUT2D eigenvalue weighted by atomic mass is 10.0. The van der Waals surface area contributed by atoms with Crippen LogP contribution in [0.3, 0.4) is 0 Å². The summed E-state index contributed by atoms with van der Waals surface area (Å²) in [5, 5.41) is 12.4. The Bertz CT molecular complexity index is 439. The Labute approximate surface area is 134 Å². The molecule has 3 fully saturated rings. The number of aliphatic hydroxyl groups excluding tert-OH is 1. The first-order valence-corrected chi connectivity index (χ1v) is 7.77. The number of hydrogen-bond donors (Lipinski definition) is 2. The number of hydrogen-bond acceptors (Lipinski definition) is 2. The molecule has 3 aliphatic heterocycles. The number of fused-ring (bicyclic) bond motifs is 3. The summed E-state index contributed by atoms with van der Waals surface area (Å²) >= 11 is 0. The highest BCUT2D eigenvalue weighted by Gasteiger charge is 2.48. The Morgan fingerprint density at radius 1 is 0.952 bits per heavy atom. The van der Waals surface area contributed by atoms with Gasteiger partial charge in [-0.25, -0.2) is 0 Å². The lowest BCUT2D eigenvalue weighted by molar-refractivity contribution is -1.09. The van der Waals surface area contributed by atoms with Gasteiger partial charge in [-0.05, 0) is 12.1 Å². The summed E-state index contributed by atoms with van der Waals surface area (Å²) < 4.78 is 2.42. The van der Waals surface area contributed by atoms with Crippen LogP contribution in [0.4, 0.5) is 5.69 Å². The summed E-state index contributed by atoms with van der Waals surface area (Å²) in [6, 6.07) is 8.87. The van der Waals surface area contributed by atoms with Crippen LogP contribution in [0.5, 0.6) is 0 Å². The van der Waals surface area contributed by atoms with Gasteiger partial charge in [0.25, 0.3) is 0 Å². The van der Waals surface area contributed by atoms with Crippen molar-refractivity contribution in [3.05, 3.63) is 29.8 Å². The second kappa shape index (κ2) is 6.53. The van der Waals surface area contributed by atoms with Crippen molar-refractivity contribution in [2.24, 2.45) is 0 Å². The number of rotatable bonds is 5. The molecule has 4 nitrogen and oxygen atoms in total. The molecule has 2 N–H and O–H groups in total.